The van der Waals surface area contributed by atoms with Crippen molar-refractivity contribution in [2.75, 3.05) is 19.6 Å². The highest BCUT2D eigenvalue weighted by molar-refractivity contribution is 6.35. The second-order valence-corrected chi connectivity index (χ2v) is 6.96. The molecule has 0 atom stereocenters. The third-order valence-corrected chi connectivity index (χ3v) is 5.06. The van der Waals surface area contributed by atoms with Crippen LogP contribution in [0.15, 0.2) is 30.0 Å². The zero-order chi connectivity index (χ0) is 18.8. The summed E-state index contributed by atoms with van der Waals surface area (Å²) in [5.41, 5.74) is 1.34. The quantitative estimate of drug-likeness (QED) is 0.460. The molecule has 0 radical (unpaired) electrons. The smallest absolute Gasteiger partial charge is 0.277 e. The molecule has 1 saturated heterocycles. The number of carbonyl (C=O) groups is 2. The first-order valence-corrected chi connectivity index (χ1v) is 9.04. The van der Waals surface area contributed by atoms with Gasteiger partial charge in [0.1, 0.15) is 5.70 Å². The van der Waals surface area contributed by atoms with Crippen LogP contribution in [0.2, 0.25) is 0 Å². The topological polar surface area (TPSA) is 83.8 Å². The summed E-state index contributed by atoms with van der Waals surface area (Å²) in [4.78, 5) is 39.6. The Hall–Kier alpha value is -2.70. The van der Waals surface area contributed by atoms with Crippen LogP contribution in [-0.2, 0) is 9.59 Å². The molecule has 1 aromatic carbocycles. The van der Waals surface area contributed by atoms with E-state index in [0.717, 1.165) is 25.9 Å². The van der Waals surface area contributed by atoms with Crippen LogP contribution in [0.4, 0.5) is 5.69 Å². The fourth-order valence-corrected chi connectivity index (χ4v) is 3.53. The Morgan fingerprint density at radius 3 is 2.27 bits per heavy atom. The van der Waals surface area contributed by atoms with Gasteiger partial charge in [-0.15, -0.1) is 0 Å². The van der Waals surface area contributed by atoms with Crippen molar-refractivity contribution in [3.8, 4) is 0 Å². The number of amides is 2. The van der Waals surface area contributed by atoms with E-state index in [9.17, 15) is 19.7 Å². The number of hydrogen-bond acceptors (Lipinski definition) is 5. The van der Waals surface area contributed by atoms with Gasteiger partial charge >= 0.3 is 0 Å². The van der Waals surface area contributed by atoms with Crippen LogP contribution in [0.25, 0.3) is 5.57 Å². The number of piperidine rings is 1. The number of nitro groups is 1. The Labute approximate surface area is 152 Å². The number of nitro benzene ring substituents is 1. The third-order valence-electron chi connectivity index (χ3n) is 5.06. The summed E-state index contributed by atoms with van der Waals surface area (Å²) >= 11 is 0. The van der Waals surface area contributed by atoms with Crippen molar-refractivity contribution in [3.63, 3.8) is 0 Å². The van der Waals surface area contributed by atoms with Gasteiger partial charge in [-0.2, -0.15) is 0 Å². The van der Waals surface area contributed by atoms with Gasteiger partial charge in [0.25, 0.3) is 17.5 Å². The maximum Gasteiger partial charge on any atom is 0.277 e. The van der Waals surface area contributed by atoms with Crippen LogP contribution >= 0.6 is 0 Å². The maximum atomic E-state index is 12.9. The number of nitrogens with zero attached hydrogens (tertiary/aromatic N) is 3. The van der Waals surface area contributed by atoms with Crippen LogP contribution < -0.4 is 0 Å². The lowest BCUT2D eigenvalue weighted by Crippen LogP contribution is -2.38. The fourth-order valence-electron chi connectivity index (χ4n) is 3.53. The van der Waals surface area contributed by atoms with Crippen LogP contribution in [0, 0.1) is 16.0 Å². The predicted molar refractivity (Wildman–Crippen MR) is 97.0 cm³/mol. The van der Waals surface area contributed by atoms with Gasteiger partial charge in [-0.05, 0) is 42.9 Å². The fraction of sp³-hybridized carbons (Fsp3) is 0.474. The number of likely N-dealkylation sites (tertiary alicyclic amines) is 1. The molecule has 0 N–H and O–H groups in total. The minimum absolute atomic E-state index is 0.0371. The van der Waals surface area contributed by atoms with Gasteiger partial charge in [-0.25, -0.2) is 0 Å². The molecule has 7 heteroatoms. The number of carbonyl (C=O) groups excluding carboxylic acids is 2. The van der Waals surface area contributed by atoms with E-state index in [1.807, 2.05) is 11.8 Å². The summed E-state index contributed by atoms with van der Waals surface area (Å²) in [7, 11) is 0. The van der Waals surface area contributed by atoms with Crippen molar-refractivity contribution in [2.24, 2.45) is 5.92 Å². The average Bonchev–Trinajstić information content (AvgIpc) is 2.87. The second kappa shape index (κ2) is 7.27. The van der Waals surface area contributed by atoms with Crippen molar-refractivity contribution >= 4 is 23.1 Å². The lowest BCUT2D eigenvalue weighted by molar-refractivity contribution is -0.384. The Balaban J connectivity index is 2.03. The van der Waals surface area contributed by atoms with E-state index in [2.05, 4.69) is 6.92 Å². The molecule has 2 amide bonds. The zero-order valence-corrected chi connectivity index (χ0v) is 15.1. The Kier molecular flexibility index (Phi) is 5.06. The van der Waals surface area contributed by atoms with Crippen LogP contribution in [0.1, 0.15) is 38.7 Å². The van der Waals surface area contributed by atoms with Gasteiger partial charge in [-0.3, -0.25) is 24.6 Å². The first kappa shape index (κ1) is 18.1. The Bertz CT molecular complexity index is 761. The molecule has 2 aliphatic rings. The van der Waals surface area contributed by atoms with Gasteiger partial charge in [0, 0.05) is 31.8 Å². The molecule has 7 nitrogen and oxygen atoms in total. The highest BCUT2D eigenvalue weighted by atomic mass is 16.6. The third kappa shape index (κ3) is 3.21. The largest absolute Gasteiger partial charge is 0.366 e. The number of rotatable bonds is 5. The summed E-state index contributed by atoms with van der Waals surface area (Å²) in [6.45, 7) is 5.97. The molecule has 0 aromatic heterocycles. The lowest BCUT2D eigenvalue weighted by Gasteiger charge is -2.32. The molecule has 0 aliphatic carbocycles. The van der Waals surface area contributed by atoms with Crippen molar-refractivity contribution in [1.82, 2.24) is 9.80 Å². The molecule has 0 unspecified atom stereocenters. The molecule has 138 valence electrons. The summed E-state index contributed by atoms with van der Waals surface area (Å²) in [6.07, 6.45) is 2.65. The molecule has 0 spiro atoms. The first-order valence-electron chi connectivity index (χ1n) is 9.04. The Morgan fingerprint density at radius 2 is 1.73 bits per heavy atom. The van der Waals surface area contributed by atoms with Crippen molar-refractivity contribution in [2.45, 2.75) is 33.1 Å². The summed E-state index contributed by atoms with van der Waals surface area (Å²) < 4.78 is 0. The van der Waals surface area contributed by atoms with E-state index in [4.69, 9.17) is 0 Å². The summed E-state index contributed by atoms with van der Waals surface area (Å²) in [5.74, 6) is 0.0488. The Morgan fingerprint density at radius 1 is 1.12 bits per heavy atom. The molecule has 0 bridgehead atoms. The monoisotopic (exact) mass is 357 g/mol. The van der Waals surface area contributed by atoms with E-state index in [1.54, 1.807) is 12.1 Å². The number of hydrogen-bond donors (Lipinski definition) is 0. The van der Waals surface area contributed by atoms with E-state index in [0.29, 0.717) is 35.7 Å². The number of non-ortho nitro benzene ring substituents is 1. The van der Waals surface area contributed by atoms with Gasteiger partial charge < -0.3 is 4.90 Å². The van der Waals surface area contributed by atoms with Gasteiger partial charge in [0.2, 0.25) is 0 Å². The number of imide groups is 1. The number of benzene rings is 1. The normalized spacial score (nSPS) is 18.8. The van der Waals surface area contributed by atoms with Crippen molar-refractivity contribution < 1.29 is 14.5 Å². The minimum Gasteiger partial charge on any atom is -0.366 e. The molecule has 2 aliphatic heterocycles. The van der Waals surface area contributed by atoms with Crippen molar-refractivity contribution in [1.29, 1.82) is 0 Å². The van der Waals surface area contributed by atoms with Crippen LogP contribution in [0.5, 0.6) is 0 Å². The SMILES string of the molecule is CCCN1C(=O)C(c2ccc([N+](=O)[O-])cc2)=C(N2CCC(C)CC2)C1=O. The van der Waals surface area contributed by atoms with Crippen LogP contribution in [-0.4, -0.2) is 46.2 Å². The lowest BCUT2D eigenvalue weighted by atomic mass is 9.97. The van der Waals surface area contributed by atoms with Gasteiger partial charge in [-0.1, -0.05) is 13.8 Å². The molecule has 0 saturated carbocycles. The standard InChI is InChI=1S/C19H23N3O4/c1-3-10-21-18(23)16(14-4-6-15(7-5-14)22(25)26)17(19(21)24)20-11-8-13(2)9-12-20/h4-7,13H,3,8-12H2,1-2H3. The summed E-state index contributed by atoms with van der Waals surface area (Å²) in [5, 5.41) is 10.9. The van der Waals surface area contributed by atoms with E-state index >= 15 is 0 Å². The molecule has 2 heterocycles. The molecule has 1 fully saturated rings. The summed E-state index contributed by atoms with van der Waals surface area (Å²) in [6, 6.07) is 5.86. The highest BCUT2D eigenvalue weighted by Crippen LogP contribution is 2.34. The molecular weight excluding hydrogens is 334 g/mol. The molecular formula is C19H23N3O4. The van der Waals surface area contributed by atoms with E-state index < -0.39 is 4.92 Å². The van der Waals surface area contributed by atoms with Crippen LogP contribution in [0.3, 0.4) is 0 Å². The van der Waals surface area contributed by atoms with E-state index in [-0.39, 0.29) is 17.5 Å². The zero-order valence-electron chi connectivity index (χ0n) is 15.1. The average molecular weight is 357 g/mol. The highest BCUT2D eigenvalue weighted by Gasteiger charge is 2.41. The predicted octanol–water partition coefficient (Wildman–Crippen LogP) is 2.82. The van der Waals surface area contributed by atoms with Gasteiger partial charge in [0.05, 0.1) is 10.5 Å². The molecule has 26 heavy (non-hydrogen) atoms. The van der Waals surface area contributed by atoms with E-state index in [1.165, 1.54) is 17.0 Å². The minimum atomic E-state index is -0.476. The maximum absolute atomic E-state index is 12.9. The molecule has 1 aromatic rings. The second-order valence-electron chi connectivity index (χ2n) is 6.96. The van der Waals surface area contributed by atoms with Gasteiger partial charge in [0.15, 0.2) is 0 Å². The van der Waals surface area contributed by atoms with Crippen molar-refractivity contribution in [3.05, 3.63) is 45.6 Å². The molecule has 3 rings (SSSR count). The first-order chi connectivity index (χ1) is 12.4.